The van der Waals surface area contributed by atoms with Crippen LogP contribution in [0.4, 0.5) is 0 Å². The molecule has 0 aromatic heterocycles. The van der Waals surface area contributed by atoms with Crippen molar-refractivity contribution >= 4 is 22.0 Å². The number of alkyl halides is 1. The van der Waals surface area contributed by atoms with E-state index < -0.39 is 0 Å². The van der Waals surface area contributed by atoms with Crippen LogP contribution in [0, 0.1) is 11.3 Å². The van der Waals surface area contributed by atoms with Gasteiger partial charge in [0.1, 0.15) is 0 Å². The standard InChI is InChI=1S/C13H14BrN/c1-10(2)13-5-3-11(4-6-13)7-12(8-14)9-15/h3-7,10H,8H2,1-2H3/b12-7-. The fourth-order valence-corrected chi connectivity index (χ4v) is 1.57. The Bertz CT molecular complexity index is 382. The number of halogens is 1. The molecule has 0 atom stereocenters. The van der Waals surface area contributed by atoms with Crippen LogP contribution in [0.5, 0.6) is 0 Å². The van der Waals surface area contributed by atoms with Crippen LogP contribution in [0.2, 0.25) is 0 Å². The predicted octanol–water partition coefficient (Wildman–Crippen LogP) is 4.11. The van der Waals surface area contributed by atoms with Crippen molar-refractivity contribution < 1.29 is 0 Å². The summed E-state index contributed by atoms with van der Waals surface area (Å²) in [7, 11) is 0. The Kier molecular flexibility index (Phi) is 4.58. The largest absolute Gasteiger partial charge is 0.193 e. The van der Waals surface area contributed by atoms with Crippen LogP contribution in [-0.4, -0.2) is 5.33 Å². The molecule has 1 aromatic carbocycles. The highest BCUT2D eigenvalue weighted by atomic mass is 79.9. The topological polar surface area (TPSA) is 23.8 Å². The predicted molar refractivity (Wildman–Crippen MR) is 67.9 cm³/mol. The van der Waals surface area contributed by atoms with E-state index in [2.05, 4.69) is 60.1 Å². The minimum absolute atomic E-state index is 0.551. The van der Waals surface area contributed by atoms with Gasteiger partial charge in [-0.15, -0.1) is 0 Å². The van der Waals surface area contributed by atoms with Crippen molar-refractivity contribution in [1.82, 2.24) is 0 Å². The Morgan fingerprint density at radius 2 is 2.00 bits per heavy atom. The monoisotopic (exact) mass is 263 g/mol. The van der Waals surface area contributed by atoms with E-state index in [-0.39, 0.29) is 0 Å². The quantitative estimate of drug-likeness (QED) is 0.595. The second-order valence-electron chi connectivity index (χ2n) is 3.74. The second-order valence-corrected chi connectivity index (χ2v) is 4.30. The lowest BCUT2D eigenvalue weighted by molar-refractivity contribution is 0.866. The zero-order chi connectivity index (χ0) is 11.3. The molecule has 2 heteroatoms. The lowest BCUT2D eigenvalue weighted by Crippen LogP contribution is -1.87. The molecule has 0 radical (unpaired) electrons. The van der Waals surface area contributed by atoms with Gasteiger partial charge in [0.25, 0.3) is 0 Å². The summed E-state index contributed by atoms with van der Waals surface area (Å²) in [5.74, 6) is 0.551. The maximum Gasteiger partial charge on any atom is 0.0956 e. The van der Waals surface area contributed by atoms with E-state index in [1.807, 2.05) is 6.08 Å². The number of allylic oxidation sites excluding steroid dienone is 1. The van der Waals surface area contributed by atoms with Gasteiger partial charge in [-0.05, 0) is 23.1 Å². The second kappa shape index (κ2) is 5.72. The van der Waals surface area contributed by atoms with E-state index in [9.17, 15) is 0 Å². The van der Waals surface area contributed by atoms with E-state index in [0.29, 0.717) is 11.2 Å². The number of nitriles is 1. The Morgan fingerprint density at radius 3 is 2.40 bits per heavy atom. The average Bonchev–Trinajstić information content (AvgIpc) is 2.26. The first kappa shape index (κ1) is 12.0. The summed E-state index contributed by atoms with van der Waals surface area (Å²) >= 11 is 3.28. The van der Waals surface area contributed by atoms with Gasteiger partial charge in [0.05, 0.1) is 6.07 Å². The van der Waals surface area contributed by atoms with E-state index in [0.717, 1.165) is 11.1 Å². The third-order valence-electron chi connectivity index (χ3n) is 2.23. The Morgan fingerprint density at radius 1 is 1.40 bits per heavy atom. The highest BCUT2D eigenvalue weighted by Gasteiger charge is 1.98. The molecule has 0 aliphatic carbocycles. The van der Waals surface area contributed by atoms with Crippen molar-refractivity contribution in [2.75, 3.05) is 5.33 Å². The highest BCUT2D eigenvalue weighted by molar-refractivity contribution is 9.09. The van der Waals surface area contributed by atoms with Crippen LogP contribution >= 0.6 is 15.9 Å². The van der Waals surface area contributed by atoms with Crippen molar-refractivity contribution in [1.29, 1.82) is 5.26 Å². The number of benzene rings is 1. The molecule has 0 N–H and O–H groups in total. The van der Waals surface area contributed by atoms with Crippen LogP contribution in [0.15, 0.2) is 29.8 Å². The van der Waals surface area contributed by atoms with Gasteiger partial charge in [0.15, 0.2) is 0 Å². The molecule has 0 bridgehead atoms. The summed E-state index contributed by atoms with van der Waals surface area (Å²) in [6, 6.07) is 10.5. The van der Waals surface area contributed by atoms with Gasteiger partial charge in [-0.25, -0.2) is 0 Å². The molecule has 0 spiro atoms. The SMILES string of the molecule is CC(C)c1ccc(/C=C(\C#N)CBr)cc1. The lowest BCUT2D eigenvalue weighted by atomic mass is 10.0. The Balaban J connectivity index is 2.90. The smallest absolute Gasteiger partial charge is 0.0956 e. The third kappa shape index (κ3) is 3.53. The summed E-state index contributed by atoms with van der Waals surface area (Å²) < 4.78 is 0. The third-order valence-corrected chi connectivity index (χ3v) is 2.84. The molecule has 0 saturated heterocycles. The minimum atomic E-state index is 0.551. The molecule has 0 fully saturated rings. The molecule has 1 nitrogen and oxygen atoms in total. The molecule has 1 aromatic rings. The van der Waals surface area contributed by atoms with E-state index in [4.69, 9.17) is 5.26 Å². The van der Waals surface area contributed by atoms with Crippen molar-refractivity contribution in [2.45, 2.75) is 19.8 Å². The van der Waals surface area contributed by atoms with E-state index in [1.165, 1.54) is 5.56 Å². The molecule has 0 amide bonds. The van der Waals surface area contributed by atoms with Crippen molar-refractivity contribution in [3.05, 3.63) is 41.0 Å². The first-order chi connectivity index (χ1) is 7.17. The molecule has 0 aliphatic rings. The van der Waals surface area contributed by atoms with Gasteiger partial charge in [-0.3, -0.25) is 0 Å². The fourth-order valence-electron chi connectivity index (χ4n) is 1.28. The van der Waals surface area contributed by atoms with Gasteiger partial charge >= 0.3 is 0 Å². The van der Waals surface area contributed by atoms with Crippen molar-refractivity contribution in [3.63, 3.8) is 0 Å². The van der Waals surface area contributed by atoms with Gasteiger partial charge < -0.3 is 0 Å². The number of hydrogen-bond acceptors (Lipinski definition) is 1. The molecular formula is C13H14BrN. The number of hydrogen-bond donors (Lipinski definition) is 0. The van der Waals surface area contributed by atoms with Crippen LogP contribution < -0.4 is 0 Å². The molecule has 78 valence electrons. The maximum atomic E-state index is 8.78. The minimum Gasteiger partial charge on any atom is -0.193 e. The van der Waals surface area contributed by atoms with Crippen LogP contribution in [0.25, 0.3) is 6.08 Å². The van der Waals surface area contributed by atoms with Gasteiger partial charge in [-0.1, -0.05) is 54.0 Å². The van der Waals surface area contributed by atoms with E-state index in [1.54, 1.807) is 0 Å². The molecule has 1 rings (SSSR count). The highest BCUT2D eigenvalue weighted by Crippen LogP contribution is 2.16. The van der Waals surface area contributed by atoms with Crippen molar-refractivity contribution in [2.24, 2.45) is 0 Å². The van der Waals surface area contributed by atoms with E-state index >= 15 is 0 Å². The number of nitrogens with zero attached hydrogens (tertiary/aromatic N) is 1. The van der Waals surface area contributed by atoms with Gasteiger partial charge in [-0.2, -0.15) is 5.26 Å². The molecule has 0 heterocycles. The Labute approximate surface area is 99.6 Å². The molecule has 0 aliphatic heterocycles. The fraction of sp³-hybridized carbons (Fsp3) is 0.308. The summed E-state index contributed by atoms with van der Waals surface area (Å²) in [6.45, 7) is 4.34. The Hall–Kier alpha value is -1.07. The first-order valence-corrected chi connectivity index (χ1v) is 6.06. The zero-order valence-corrected chi connectivity index (χ0v) is 10.6. The summed E-state index contributed by atoms with van der Waals surface area (Å²) in [4.78, 5) is 0. The normalized spacial score (nSPS) is 11.5. The summed E-state index contributed by atoms with van der Waals surface area (Å²) in [5, 5.41) is 9.39. The first-order valence-electron chi connectivity index (χ1n) is 4.94. The van der Waals surface area contributed by atoms with Gasteiger partial charge in [0, 0.05) is 10.9 Å². The molecule has 15 heavy (non-hydrogen) atoms. The maximum absolute atomic E-state index is 8.78. The van der Waals surface area contributed by atoms with Gasteiger partial charge in [0.2, 0.25) is 0 Å². The summed E-state index contributed by atoms with van der Waals surface area (Å²) in [5.41, 5.74) is 3.15. The van der Waals surface area contributed by atoms with Crippen LogP contribution in [0.3, 0.4) is 0 Å². The van der Waals surface area contributed by atoms with Crippen LogP contribution in [0.1, 0.15) is 30.9 Å². The molecular weight excluding hydrogens is 250 g/mol. The average molecular weight is 264 g/mol. The van der Waals surface area contributed by atoms with Crippen molar-refractivity contribution in [3.8, 4) is 6.07 Å². The zero-order valence-electron chi connectivity index (χ0n) is 9.00. The number of rotatable bonds is 3. The summed E-state index contributed by atoms with van der Waals surface area (Å²) in [6.07, 6.45) is 1.90. The van der Waals surface area contributed by atoms with Crippen LogP contribution in [-0.2, 0) is 0 Å². The lowest BCUT2D eigenvalue weighted by Gasteiger charge is -2.04. The molecule has 0 saturated carbocycles. The molecule has 0 unspecified atom stereocenters.